The molecule has 4 rings (SSSR count). The molecule has 1 aliphatic carbocycles. The van der Waals surface area contributed by atoms with Crippen LogP contribution in [0.1, 0.15) is 30.1 Å². The van der Waals surface area contributed by atoms with Crippen LogP contribution >= 0.6 is 0 Å². The van der Waals surface area contributed by atoms with Crippen LogP contribution in [0.15, 0.2) is 36.4 Å². The highest BCUT2D eigenvalue weighted by molar-refractivity contribution is 6.06. The van der Waals surface area contributed by atoms with Gasteiger partial charge in [0, 0.05) is 23.4 Å². The summed E-state index contributed by atoms with van der Waals surface area (Å²) in [5, 5.41) is 19.8. The van der Waals surface area contributed by atoms with Crippen molar-refractivity contribution in [1.82, 2.24) is 0 Å². The zero-order valence-corrected chi connectivity index (χ0v) is 15.0. The van der Waals surface area contributed by atoms with Crippen LogP contribution in [0.4, 0.5) is 22.7 Å². The number of hydrogen-bond donors (Lipinski definition) is 3. The van der Waals surface area contributed by atoms with Crippen LogP contribution in [-0.4, -0.2) is 28.9 Å². The van der Waals surface area contributed by atoms with E-state index in [1.165, 1.54) is 12.1 Å². The first kappa shape index (κ1) is 17.8. The van der Waals surface area contributed by atoms with E-state index < -0.39 is 16.9 Å². The highest BCUT2D eigenvalue weighted by Gasteiger charge is 2.26. The smallest absolute Gasteiger partial charge is 0.293 e. The van der Waals surface area contributed by atoms with Crippen molar-refractivity contribution < 1.29 is 19.2 Å². The van der Waals surface area contributed by atoms with E-state index in [4.69, 9.17) is 4.74 Å². The lowest BCUT2D eigenvalue weighted by Crippen LogP contribution is -2.34. The Hall–Kier alpha value is -3.62. The Kier molecular flexibility index (Phi) is 4.34. The number of hydrogen-bond acceptors (Lipinski definition) is 6. The van der Waals surface area contributed by atoms with Gasteiger partial charge in [-0.3, -0.25) is 19.7 Å². The molecule has 0 aromatic heterocycles. The molecule has 1 heterocycles. The van der Waals surface area contributed by atoms with Crippen molar-refractivity contribution in [3.63, 3.8) is 0 Å². The lowest BCUT2D eigenvalue weighted by atomic mass is 10.1. The Morgan fingerprint density at radius 2 is 2.04 bits per heavy atom. The number of anilines is 3. The van der Waals surface area contributed by atoms with Crippen LogP contribution in [0.5, 0.6) is 5.75 Å². The Morgan fingerprint density at radius 1 is 1.25 bits per heavy atom. The first-order valence-electron chi connectivity index (χ1n) is 8.88. The molecule has 1 aliphatic heterocycles. The normalized spacial score (nSPS) is 17.8. The van der Waals surface area contributed by atoms with Gasteiger partial charge in [-0.05, 0) is 50.1 Å². The average Bonchev–Trinajstić information content (AvgIpc) is 3.47. The molecular formula is C19H18N4O5. The summed E-state index contributed by atoms with van der Waals surface area (Å²) < 4.78 is 5.47. The number of amides is 2. The summed E-state index contributed by atoms with van der Waals surface area (Å²) in [4.78, 5) is 35.1. The average molecular weight is 382 g/mol. The van der Waals surface area contributed by atoms with Gasteiger partial charge < -0.3 is 20.7 Å². The zero-order valence-electron chi connectivity index (χ0n) is 15.0. The quantitative estimate of drug-likeness (QED) is 0.539. The van der Waals surface area contributed by atoms with Crippen LogP contribution in [0.3, 0.4) is 0 Å². The number of rotatable bonds is 5. The van der Waals surface area contributed by atoms with Gasteiger partial charge in [-0.2, -0.15) is 0 Å². The van der Waals surface area contributed by atoms with Crippen LogP contribution in [0.25, 0.3) is 0 Å². The topological polar surface area (TPSA) is 123 Å². The van der Waals surface area contributed by atoms with Gasteiger partial charge in [0.25, 0.3) is 17.5 Å². The Bertz CT molecular complexity index is 986. The van der Waals surface area contributed by atoms with Crippen molar-refractivity contribution in [3.8, 4) is 5.75 Å². The fourth-order valence-corrected chi connectivity index (χ4v) is 2.88. The maximum Gasteiger partial charge on any atom is 0.293 e. The fourth-order valence-electron chi connectivity index (χ4n) is 2.88. The van der Waals surface area contributed by atoms with E-state index in [1.807, 2.05) is 0 Å². The SMILES string of the molecule is C[C@H]1Oc2ccc(NC(=O)c3ccc(NC4CC4)c([N+](=O)[O-])c3)cc2NC1=O. The third-order valence-corrected chi connectivity index (χ3v) is 4.56. The Balaban J connectivity index is 1.53. The molecule has 0 radical (unpaired) electrons. The molecule has 0 bridgehead atoms. The number of nitro benzene ring substituents is 1. The summed E-state index contributed by atoms with van der Waals surface area (Å²) in [6.45, 7) is 1.64. The van der Waals surface area contributed by atoms with Crippen LogP contribution in [0.2, 0.25) is 0 Å². The lowest BCUT2D eigenvalue weighted by Gasteiger charge is -2.23. The molecule has 0 spiro atoms. The van der Waals surface area contributed by atoms with E-state index in [9.17, 15) is 19.7 Å². The first-order valence-corrected chi connectivity index (χ1v) is 8.88. The molecule has 1 fully saturated rings. The zero-order chi connectivity index (χ0) is 19.8. The lowest BCUT2D eigenvalue weighted by molar-refractivity contribution is -0.384. The number of nitro groups is 1. The number of carbonyl (C=O) groups excluding carboxylic acids is 2. The Morgan fingerprint density at radius 3 is 2.75 bits per heavy atom. The van der Waals surface area contributed by atoms with Gasteiger partial charge in [-0.15, -0.1) is 0 Å². The number of fused-ring (bicyclic) bond motifs is 1. The third-order valence-electron chi connectivity index (χ3n) is 4.56. The summed E-state index contributed by atoms with van der Waals surface area (Å²) in [5.41, 5.74) is 1.33. The Labute approximate surface area is 160 Å². The predicted molar refractivity (Wildman–Crippen MR) is 103 cm³/mol. The molecule has 2 aromatic carbocycles. The second-order valence-electron chi connectivity index (χ2n) is 6.82. The number of ether oxygens (including phenoxy) is 1. The van der Waals surface area contributed by atoms with Crippen molar-refractivity contribution in [3.05, 3.63) is 52.1 Å². The minimum Gasteiger partial charge on any atom is -0.479 e. The van der Waals surface area contributed by atoms with E-state index in [2.05, 4.69) is 16.0 Å². The van der Waals surface area contributed by atoms with Crippen molar-refractivity contribution >= 4 is 34.6 Å². The van der Waals surface area contributed by atoms with E-state index in [-0.39, 0.29) is 23.2 Å². The van der Waals surface area contributed by atoms with Gasteiger partial charge in [0.15, 0.2) is 6.10 Å². The van der Waals surface area contributed by atoms with E-state index in [0.29, 0.717) is 22.8 Å². The molecule has 144 valence electrons. The highest BCUT2D eigenvalue weighted by Crippen LogP contribution is 2.33. The van der Waals surface area contributed by atoms with Crippen LogP contribution < -0.4 is 20.7 Å². The van der Waals surface area contributed by atoms with Gasteiger partial charge >= 0.3 is 0 Å². The fraction of sp³-hybridized carbons (Fsp3) is 0.263. The second-order valence-corrected chi connectivity index (χ2v) is 6.82. The van der Waals surface area contributed by atoms with Crippen LogP contribution in [-0.2, 0) is 4.79 Å². The maximum absolute atomic E-state index is 12.5. The first-order chi connectivity index (χ1) is 13.4. The molecule has 1 atom stereocenters. The number of nitrogens with zero attached hydrogens (tertiary/aromatic N) is 1. The largest absolute Gasteiger partial charge is 0.479 e. The molecule has 2 aromatic rings. The molecule has 0 saturated heterocycles. The molecule has 3 N–H and O–H groups in total. The third kappa shape index (κ3) is 3.59. The summed E-state index contributed by atoms with van der Waals surface area (Å²) in [6, 6.07) is 9.46. The summed E-state index contributed by atoms with van der Waals surface area (Å²) >= 11 is 0. The summed E-state index contributed by atoms with van der Waals surface area (Å²) in [5.74, 6) is -0.251. The summed E-state index contributed by atoms with van der Waals surface area (Å²) in [7, 11) is 0. The molecule has 1 saturated carbocycles. The van der Waals surface area contributed by atoms with Gasteiger partial charge in [-0.1, -0.05) is 0 Å². The number of benzene rings is 2. The van der Waals surface area contributed by atoms with Crippen LogP contribution in [0, 0.1) is 10.1 Å². The van der Waals surface area contributed by atoms with Gasteiger partial charge in [-0.25, -0.2) is 0 Å². The van der Waals surface area contributed by atoms with E-state index in [1.54, 1.807) is 31.2 Å². The van der Waals surface area contributed by atoms with Crippen molar-refractivity contribution in [2.24, 2.45) is 0 Å². The van der Waals surface area contributed by atoms with Crippen molar-refractivity contribution in [1.29, 1.82) is 0 Å². The monoisotopic (exact) mass is 382 g/mol. The van der Waals surface area contributed by atoms with E-state index in [0.717, 1.165) is 12.8 Å². The minimum absolute atomic E-state index is 0.139. The summed E-state index contributed by atoms with van der Waals surface area (Å²) in [6.07, 6.45) is 1.38. The van der Waals surface area contributed by atoms with Crippen molar-refractivity contribution in [2.75, 3.05) is 16.0 Å². The molecule has 28 heavy (non-hydrogen) atoms. The van der Waals surface area contributed by atoms with Gasteiger partial charge in [0.1, 0.15) is 11.4 Å². The molecule has 2 amide bonds. The highest BCUT2D eigenvalue weighted by atomic mass is 16.6. The number of carbonyl (C=O) groups is 2. The maximum atomic E-state index is 12.5. The molecule has 9 nitrogen and oxygen atoms in total. The van der Waals surface area contributed by atoms with E-state index >= 15 is 0 Å². The number of nitrogens with one attached hydrogen (secondary N) is 3. The van der Waals surface area contributed by atoms with Gasteiger partial charge in [0.2, 0.25) is 0 Å². The van der Waals surface area contributed by atoms with Crippen molar-refractivity contribution in [2.45, 2.75) is 31.9 Å². The van der Waals surface area contributed by atoms with Gasteiger partial charge in [0.05, 0.1) is 10.6 Å². The molecular weight excluding hydrogens is 364 g/mol. The minimum atomic E-state index is -0.587. The molecule has 0 unspecified atom stereocenters. The molecule has 2 aliphatic rings. The standard InChI is InChI=1S/C19H18N4O5/c1-10-18(24)22-15-9-13(5-7-17(15)28-10)21-19(25)11-2-6-14(20-12-3-4-12)16(8-11)23(26)27/h2,5-10,12,20H,3-4H2,1H3,(H,21,25)(H,22,24)/t10-/m1/s1. The second kappa shape index (κ2) is 6.84. The predicted octanol–water partition coefficient (Wildman–Crippen LogP) is 3.14. The molecule has 9 heteroatoms.